The summed E-state index contributed by atoms with van der Waals surface area (Å²) in [4.78, 5) is 12.4. The molecule has 3 rings (SSSR count). The van der Waals surface area contributed by atoms with Crippen LogP contribution in [0.15, 0.2) is 58.3 Å². The minimum Gasteiger partial charge on any atom is -0.332 e. The Morgan fingerprint density at radius 2 is 1.91 bits per heavy atom. The van der Waals surface area contributed by atoms with Crippen LogP contribution in [-0.2, 0) is 16.3 Å². The van der Waals surface area contributed by atoms with Gasteiger partial charge in [-0.3, -0.25) is 4.98 Å². The highest BCUT2D eigenvalue weighted by Gasteiger charge is 2.17. The highest BCUT2D eigenvalue weighted by molar-refractivity contribution is 7.91. The molecule has 0 aliphatic heterocycles. The number of aryl methyl sites for hydroxylation is 1. The lowest BCUT2D eigenvalue weighted by Gasteiger charge is -2.01. The van der Waals surface area contributed by atoms with Crippen LogP contribution in [0.2, 0.25) is 0 Å². The Balaban J connectivity index is 1.72. The second-order valence-corrected chi connectivity index (χ2v) is 6.60. The minimum atomic E-state index is -3.36. The quantitative estimate of drug-likeness (QED) is 0.704. The molecule has 0 aliphatic carbocycles. The molecule has 0 unspecified atom stereocenters. The van der Waals surface area contributed by atoms with Crippen LogP contribution in [-0.4, -0.2) is 34.3 Å². The van der Waals surface area contributed by atoms with E-state index in [0.29, 0.717) is 11.5 Å². The van der Waals surface area contributed by atoms with Crippen LogP contribution in [0.4, 0.5) is 0 Å². The van der Waals surface area contributed by atoms with Gasteiger partial charge < -0.3 is 4.52 Å². The van der Waals surface area contributed by atoms with Crippen LogP contribution in [0, 0.1) is 0 Å². The number of hydrogen-bond donors (Lipinski definition) is 0. The standard InChI is InChI=1S/C14H12N4O3S/c19-22(20,11-4-2-1-3-5-11)9-6-13-17-14(21-18-13)12-10-15-7-8-16-12/h1-5,7-8,10H,6,9H2. The molecule has 0 radical (unpaired) electrons. The monoisotopic (exact) mass is 316 g/mol. The summed E-state index contributed by atoms with van der Waals surface area (Å²) in [5.41, 5.74) is 0.451. The summed E-state index contributed by atoms with van der Waals surface area (Å²) in [7, 11) is -3.36. The van der Waals surface area contributed by atoms with Crippen LogP contribution < -0.4 is 0 Å². The number of aromatic nitrogens is 4. The number of benzene rings is 1. The van der Waals surface area contributed by atoms with Crippen molar-refractivity contribution in [3.63, 3.8) is 0 Å². The number of nitrogens with zero attached hydrogens (tertiary/aromatic N) is 4. The summed E-state index contributed by atoms with van der Waals surface area (Å²) < 4.78 is 29.4. The molecule has 3 aromatic rings. The Labute approximate surface area is 127 Å². The van der Waals surface area contributed by atoms with Gasteiger partial charge in [0.15, 0.2) is 15.7 Å². The van der Waals surface area contributed by atoms with E-state index in [0.717, 1.165) is 0 Å². The van der Waals surface area contributed by atoms with Gasteiger partial charge in [0, 0.05) is 18.8 Å². The summed E-state index contributed by atoms with van der Waals surface area (Å²) in [5.74, 6) is 0.455. The van der Waals surface area contributed by atoms with E-state index in [-0.39, 0.29) is 23.0 Å². The lowest BCUT2D eigenvalue weighted by atomic mass is 10.4. The molecule has 0 aliphatic rings. The van der Waals surface area contributed by atoms with Crippen molar-refractivity contribution >= 4 is 9.84 Å². The van der Waals surface area contributed by atoms with E-state index >= 15 is 0 Å². The van der Waals surface area contributed by atoms with Gasteiger partial charge in [-0.15, -0.1) is 0 Å². The van der Waals surface area contributed by atoms with Gasteiger partial charge in [0.1, 0.15) is 5.69 Å². The molecule has 22 heavy (non-hydrogen) atoms. The van der Waals surface area contributed by atoms with Crippen LogP contribution in [0.3, 0.4) is 0 Å². The Bertz CT molecular complexity index is 848. The van der Waals surface area contributed by atoms with Crippen LogP contribution in [0.25, 0.3) is 11.6 Å². The SMILES string of the molecule is O=S(=O)(CCc1noc(-c2cnccn2)n1)c1ccccc1. The van der Waals surface area contributed by atoms with E-state index in [9.17, 15) is 8.42 Å². The molecular weight excluding hydrogens is 304 g/mol. The van der Waals surface area contributed by atoms with Crippen LogP contribution in [0.5, 0.6) is 0 Å². The van der Waals surface area contributed by atoms with E-state index in [1.54, 1.807) is 30.3 Å². The maximum absolute atomic E-state index is 12.2. The van der Waals surface area contributed by atoms with Gasteiger partial charge in [0.05, 0.1) is 16.8 Å². The summed E-state index contributed by atoms with van der Waals surface area (Å²) >= 11 is 0. The Morgan fingerprint density at radius 3 is 2.64 bits per heavy atom. The van der Waals surface area contributed by atoms with Gasteiger partial charge in [0.2, 0.25) is 0 Å². The van der Waals surface area contributed by atoms with Crippen molar-refractivity contribution in [2.75, 3.05) is 5.75 Å². The maximum atomic E-state index is 12.2. The number of rotatable bonds is 5. The molecule has 2 heterocycles. The van der Waals surface area contributed by atoms with Gasteiger partial charge in [-0.05, 0) is 12.1 Å². The first-order valence-corrected chi connectivity index (χ1v) is 8.17. The van der Waals surface area contributed by atoms with Crippen molar-refractivity contribution in [3.05, 3.63) is 54.7 Å². The largest absolute Gasteiger partial charge is 0.332 e. The number of sulfone groups is 1. The summed E-state index contributed by atoms with van der Waals surface area (Å²) in [6.45, 7) is 0. The first-order chi connectivity index (χ1) is 10.6. The van der Waals surface area contributed by atoms with Crippen molar-refractivity contribution in [3.8, 4) is 11.6 Å². The average Bonchev–Trinajstić information content (AvgIpc) is 3.04. The van der Waals surface area contributed by atoms with Crippen molar-refractivity contribution in [2.24, 2.45) is 0 Å². The van der Waals surface area contributed by atoms with Gasteiger partial charge in [-0.2, -0.15) is 4.98 Å². The van der Waals surface area contributed by atoms with E-state index in [2.05, 4.69) is 20.1 Å². The third-order valence-electron chi connectivity index (χ3n) is 2.95. The molecule has 112 valence electrons. The molecule has 2 aromatic heterocycles. The summed E-state index contributed by atoms with van der Waals surface area (Å²) in [6.07, 6.45) is 4.71. The third kappa shape index (κ3) is 3.17. The second kappa shape index (κ2) is 6.02. The topological polar surface area (TPSA) is 98.8 Å². The Hall–Kier alpha value is -2.61. The fourth-order valence-electron chi connectivity index (χ4n) is 1.84. The molecule has 0 saturated carbocycles. The molecule has 0 spiro atoms. The highest BCUT2D eigenvalue weighted by Crippen LogP contribution is 2.14. The summed E-state index contributed by atoms with van der Waals surface area (Å²) in [5, 5.41) is 3.77. The van der Waals surface area contributed by atoms with Crippen LogP contribution >= 0.6 is 0 Å². The zero-order valence-electron chi connectivity index (χ0n) is 11.5. The fourth-order valence-corrected chi connectivity index (χ4v) is 3.10. The van der Waals surface area contributed by atoms with Gasteiger partial charge in [-0.1, -0.05) is 23.4 Å². The second-order valence-electron chi connectivity index (χ2n) is 4.49. The first-order valence-electron chi connectivity index (χ1n) is 6.52. The Morgan fingerprint density at radius 1 is 1.09 bits per heavy atom. The van der Waals surface area contributed by atoms with Gasteiger partial charge in [0.25, 0.3) is 5.89 Å². The van der Waals surface area contributed by atoms with E-state index in [1.165, 1.54) is 18.6 Å². The minimum absolute atomic E-state index is 0.0869. The number of hydrogen-bond acceptors (Lipinski definition) is 7. The molecule has 0 saturated heterocycles. The lowest BCUT2D eigenvalue weighted by Crippen LogP contribution is -2.09. The highest BCUT2D eigenvalue weighted by atomic mass is 32.2. The molecule has 0 N–H and O–H groups in total. The van der Waals surface area contributed by atoms with E-state index < -0.39 is 9.84 Å². The molecule has 0 bridgehead atoms. The van der Waals surface area contributed by atoms with Crippen molar-refractivity contribution in [1.82, 2.24) is 20.1 Å². The van der Waals surface area contributed by atoms with Gasteiger partial charge in [-0.25, -0.2) is 13.4 Å². The van der Waals surface area contributed by atoms with Crippen molar-refractivity contribution < 1.29 is 12.9 Å². The molecule has 7 nitrogen and oxygen atoms in total. The fraction of sp³-hybridized carbons (Fsp3) is 0.143. The molecular formula is C14H12N4O3S. The summed E-state index contributed by atoms with van der Waals surface area (Å²) in [6, 6.07) is 8.28. The smallest absolute Gasteiger partial charge is 0.278 e. The van der Waals surface area contributed by atoms with Crippen molar-refractivity contribution in [1.29, 1.82) is 0 Å². The lowest BCUT2D eigenvalue weighted by molar-refractivity contribution is 0.422. The Kier molecular flexibility index (Phi) is 3.92. The molecule has 0 amide bonds. The average molecular weight is 316 g/mol. The first kappa shape index (κ1) is 14.3. The van der Waals surface area contributed by atoms with Crippen molar-refractivity contribution in [2.45, 2.75) is 11.3 Å². The third-order valence-corrected chi connectivity index (χ3v) is 4.68. The van der Waals surface area contributed by atoms with E-state index in [1.807, 2.05) is 0 Å². The molecule has 0 atom stereocenters. The zero-order chi connectivity index (χ0) is 15.4. The normalized spacial score (nSPS) is 11.5. The predicted octanol–water partition coefficient (Wildman–Crippen LogP) is 1.54. The maximum Gasteiger partial charge on any atom is 0.278 e. The predicted molar refractivity (Wildman–Crippen MR) is 77.5 cm³/mol. The molecule has 8 heteroatoms. The van der Waals surface area contributed by atoms with Crippen LogP contribution in [0.1, 0.15) is 5.82 Å². The molecule has 1 aromatic carbocycles. The zero-order valence-corrected chi connectivity index (χ0v) is 12.3. The van der Waals surface area contributed by atoms with E-state index in [4.69, 9.17) is 4.52 Å². The molecule has 0 fully saturated rings. The van der Waals surface area contributed by atoms with Gasteiger partial charge >= 0.3 is 0 Å².